The van der Waals surface area contributed by atoms with E-state index in [1.165, 1.54) is 5.56 Å². The lowest BCUT2D eigenvalue weighted by Gasteiger charge is -2.04. The van der Waals surface area contributed by atoms with Crippen molar-refractivity contribution < 1.29 is 14.0 Å². The lowest BCUT2D eigenvalue weighted by atomic mass is 10.1. The molecule has 1 saturated carbocycles. The van der Waals surface area contributed by atoms with Crippen molar-refractivity contribution in [2.45, 2.75) is 32.8 Å². The second-order valence-electron chi connectivity index (χ2n) is 4.97. The Bertz CT molecular complexity index is 598. The average Bonchev–Trinajstić information content (AvgIpc) is 3.21. The van der Waals surface area contributed by atoms with Gasteiger partial charge in [-0.15, -0.1) is 0 Å². The normalized spacial score (nSPS) is 14.8. The van der Waals surface area contributed by atoms with Crippen LogP contribution in [0.25, 0.3) is 11.0 Å². The molecular formula is C15H17NO3. The van der Waals surface area contributed by atoms with Crippen LogP contribution in [-0.4, -0.2) is 5.91 Å². The van der Waals surface area contributed by atoms with Gasteiger partial charge in [-0.1, -0.05) is 13.0 Å². The van der Waals surface area contributed by atoms with E-state index in [4.69, 9.17) is 9.25 Å². The number of carbonyl (C=O) groups excluding carboxylic acids is 1. The fourth-order valence-electron chi connectivity index (χ4n) is 2.07. The number of hydrogen-bond donors (Lipinski definition) is 1. The SMILES string of the molecule is CCc1ccc2occ(CONC(=O)C3CC3)c2c1. The molecule has 1 heterocycles. The molecule has 0 aliphatic heterocycles. The van der Waals surface area contributed by atoms with Crippen LogP contribution in [0.15, 0.2) is 28.9 Å². The number of nitrogens with one attached hydrogen (secondary N) is 1. The van der Waals surface area contributed by atoms with Crippen LogP contribution in [-0.2, 0) is 22.7 Å². The van der Waals surface area contributed by atoms with Gasteiger partial charge in [0.2, 0.25) is 5.91 Å². The lowest BCUT2D eigenvalue weighted by Crippen LogP contribution is -2.24. The summed E-state index contributed by atoms with van der Waals surface area (Å²) in [7, 11) is 0. The van der Waals surface area contributed by atoms with Gasteiger partial charge in [0.15, 0.2) is 0 Å². The molecule has 1 aromatic carbocycles. The van der Waals surface area contributed by atoms with Crippen LogP contribution >= 0.6 is 0 Å². The van der Waals surface area contributed by atoms with Gasteiger partial charge in [-0.2, -0.15) is 0 Å². The number of carbonyl (C=O) groups is 1. The molecular weight excluding hydrogens is 242 g/mol. The van der Waals surface area contributed by atoms with Crippen molar-refractivity contribution in [3.8, 4) is 0 Å². The molecule has 4 nitrogen and oxygen atoms in total. The van der Waals surface area contributed by atoms with Crippen LogP contribution in [0, 0.1) is 5.92 Å². The van der Waals surface area contributed by atoms with E-state index >= 15 is 0 Å². The smallest absolute Gasteiger partial charge is 0.246 e. The maximum absolute atomic E-state index is 11.4. The highest BCUT2D eigenvalue weighted by atomic mass is 16.7. The summed E-state index contributed by atoms with van der Waals surface area (Å²) in [4.78, 5) is 16.7. The van der Waals surface area contributed by atoms with Gasteiger partial charge >= 0.3 is 0 Å². The van der Waals surface area contributed by atoms with Crippen molar-refractivity contribution >= 4 is 16.9 Å². The van der Waals surface area contributed by atoms with Gasteiger partial charge in [-0.05, 0) is 37.0 Å². The Balaban J connectivity index is 1.67. The molecule has 1 amide bonds. The molecule has 3 rings (SSSR count). The van der Waals surface area contributed by atoms with E-state index in [1.54, 1.807) is 6.26 Å². The van der Waals surface area contributed by atoms with E-state index in [0.717, 1.165) is 35.8 Å². The number of furan rings is 1. The van der Waals surface area contributed by atoms with Crippen LogP contribution in [0.1, 0.15) is 30.9 Å². The minimum absolute atomic E-state index is 0.0120. The molecule has 0 saturated heterocycles. The molecule has 0 unspecified atom stereocenters. The van der Waals surface area contributed by atoms with Crippen molar-refractivity contribution in [3.63, 3.8) is 0 Å². The van der Waals surface area contributed by atoms with Crippen LogP contribution in [0.3, 0.4) is 0 Å². The first kappa shape index (κ1) is 12.2. The molecule has 1 fully saturated rings. The Kier molecular flexibility index (Phi) is 3.25. The second kappa shape index (κ2) is 5.05. The van der Waals surface area contributed by atoms with Gasteiger partial charge in [0, 0.05) is 16.9 Å². The van der Waals surface area contributed by atoms with Crippen molar-refractivity contribution in [2.75, 3.05) is 0 Å². The first-order valence-electron chi connectivity index (χ1n) is 6.68. The fourth-order valence-corrected chi connectivity index (χ4v) is 2.07. The molecule has 0 radical (unpaired) electrons. The summed E-state index contributed by atoms with van der Waals surface area (Å²) < 4.78 is 5.47. The molecule has 0 bridgehead atoms. The Morgan fingerprint density at radius 3 is 3.05 bits per heavy atom. The Morgan fingerprint density at radius 2 is 2.32 bits per heavy atom. The summed E-state index contributed by atoms with van der Waals surface area (Å²) in [6.07, 6.45) is 4.63. The highest BCUT2D eigenvalue weighted by molar-refractivity contribution is 5.82. The monoisotopic (exact) mass is 259 g/mol. The number of fused-ring (bicyclic) bond motifs is 1. The maximum atomic E-state index is 11.4. The van der Waals surface area contributed by atoms with Crippen LogP contribution in [0.5, 0.6) is 0 Å². The zero-order chi connectivity index (χ0) is 13.2. The van der Waals surface area contributed by atoms with Crippen LogP contribution < -0.4 is 5.48 Å². The number of aryl methyl sites for hydroxylation is 1. The summed E-state index contributed by atoms with van der Waals surface area (Å²) in [5, 5.41) is 1.06. The van der Waals surface area contributed by atoms with Gasteiger partial charge in [0.1, 0.15) is 12.2 Å². The largest absolute Gasteiger partial charge is 0.464 e. The Morgan fingerprint density at radius 1 is 1.47 bits per heavy atom. The number of hydrogen-bond acceptors (Lipinski definition) is 3. The van der Waals surface area contributed by atoms with Gasteiger partial charge < -0.3 is 4.42 Å². The number of hydroxylamine groups is 1. The third-order valence-electron chi connectivity index (χ3n) is 3.47. The summed E-state index contributed by atoms with van der Waals surface area (Å²) in [6, 6.07) is 6.14. The number of amides is 1. The summed E-state index contributed by atoms with van der Waals surface area (Å²) in [6.45, 7) is 2.45. The molecule has 1 N–H and O–H groups in total. The maximum Gasteiger partial charge on any atom is 0.246 e. The molecule has 0 spiro atoms. The summed E-state index contributed by atoms with van der Waals surface area (Å²) >= 11 is 0. The fraction of sp³-hybridized carbons (Fsp3) is 0.400. The van der Waals surface area contributed by atoms with Crippen LogP contribution in [0.2, 0.25) is 0 Å². The van der Waals surface area contributed by atoms with Crippen molar-refractivity contribution in [1.29, 1.82) is 0 Å². The van der Waals surface area contributed by atoms with E-state index in [-0.39, 0.29) is 11.8 Å². The van der Waals surface area contributed by atoms with Gasteiger partial charge in [0.25, 0.3) is 0 Å². The molecule has 4 heteroatoms. The Labute approximate surface area is 111 Å². The highest BCUT2D eigenvalue weighted by Crippen LogP contribution is 2.29. The minimum atomic E-state index is -0.0120. The molecule has 100 valence electrons. The Hall–Kier alpha value is -1.81. The quantitative estimate of drug-likeness (QED) is 0.840. The third kappa shape index (κ3) is 2.63. The van der Waals surface area contributed by atoms with Gasteiger partial charge in [0.05, 0.1) is 6.26 Å². The van der Waals surface area contributed by atoms with E-state index in [1.807, 2.05) is 6.07 Å². The number of benzene rings is 1. The van der Waals surface area contributed by atoms with Crippen molar-refractivity contribution in [3.05, 3.63) is 35.6 Å². The van der Waals surface area contributed by atoms with E-state index in [0.29, 0.717) is 6.61 Å². The van der Waals surface area contributed by atoms with Gasteiger partial charge in [-0.3, -0.25) is 9.63 Å². The summed E-state index contributed by atoms with van der Waals surface area (Å²) in [5.41, 5.74) is 5.57. The van der Waals surface area contributed by atoms with Crippen molar-refractivity contribution in [2.24, 2.45) is 5.92 Å². The number of rotatable bonds is 5. The standard InChI is InChI=1S/C15H17NO3/c1-2-10-3-6-14-13(7-10)12(8-18-14)9-19-16-15(17)11-4-5-11/h3,6-8,11H,2,4-5,9H2,1H3,(H,16,17). The molecule has 19 heavy (non-hydrogen) atoms. The first-order chi connectivity index (χ1) is 9.28. The van der Waals surface area contributed by atoms with E-state index in [2.05, 4.69) is 24.5 Å². The third-order valence-corrected chi connectivity index (χ3v) is 3.47. The predicted molar refractivity (Wildman–Crippen MR) is 71.2 cm³/mol. The van der Waals surface area contributed by atoms with Gasteiger partial charge in [-0.25, -0.2) is 5.48 Å². The van der Waals surface area contributed by atoms with Crippen molar-refractivity contribution in [1.82, 2.24) is 5.48 Å². The minimum Gasteiger partial charge on any atom is -0.464 e. The molecule has 0 atom stereocenters. The zero-order valence-corrected chi connectivity index (χ0v) is 10.9. The predicted octanol–water partition coefficient (Wildman–Crippen LogP) is 2.95. The van der Waals surface area contributed by atoms with E-state index in [9.17, 15) is 4.79 Å². The molecule has 1 aromatic heterocycles. The van der Waals surface area contributed by atoms with E-state index < -0.39 is 0 Å². The zero-order valence-electron chi connectivity index (χ0n) is 10.9. The average molecular weight is 259 g/mol. The highest BCUT2D eigenvalue weighted by Gasteiger charge is 2.29. The molecule has 2 aromatic rings. The lowest BCUT2D eigenvalue weighted by molar-refractivity contribution is -0.135. The first-order valence-corrected chi connectivity index (χ1v) is 6.68. The molecule has 1 aliphatic rings. The van der Waals surface area contributed by atoms with Crippen LogP contribution in [0.4, 0.5) is 0 Å². The molecule has 1 aliphatic carbocycles. The topological polar surface area (TPSA) is 51.5 Å². The summed E-state index contributed by atoms with van der Waals surface area (Å²) in [5.74, 6) is 0.148. The second-order valence-corrected chi connectivity index (χ2v) is 4.97.